The number of esters is 1. The number of carbonyl (C=O) groups is 1. The number of hydrogen-bond acceptors (Lipinski definition) is 5. The maximum absolute atomic E-state index is 14.9. The molecule has 1 unspecified atom stereocenters. The second-order valence-corrected chi connectivity index (χ2v) is 8.23. The van der Waals surface area contributed by atoms with Crippen molar-refractivity contribution in [2.24, 2.45) is 5.41 Å². The van der Waals surface area contributed by atoms with Crippen LogP contribution in [-0.2, 0) is 10.2 Å². The van der Waals surface area contributed by atoms with E-state index < -0.39 is 28.7 Å². The highest BCUT2D eigenvalue weighted by atomic mass is 19.1. The molecule has 3 heterocycles. The topological polar surface area (TPSA) is 65.0 Å². The van der Waals surface area contributed by atoms with Crippen LogP contribution in [-0.4, -0.2) is 27.5 Å². The Morgan fingerprint density at radius 3 is 2.06 bits per heavy atom. The molecule has 5 nitrogen and oxygen atoms in total. The van der Waals surface area contributed by atoms with Crippen LogP contribution in [0.5, 0.6) is 0 Å². The Labute approximate surface area is 208 Å². The number of carbonyl (C=O) groups excluding carboxylic acids is 1. The summed E-state index contributed by atoms with van der Waals surface area (Å²) in [6.07, 6.45) is 3.59. The van der Waals surface area contributed by atoms with E-state index in [2.05, 4.69) is 15.0 Å². The van der Waals surface area contributed by atoms with Gasteiger partial charge < -0.3 is 4.74 Å². The monoisotopic (exact) mass is 485 g/mol. The van der Waals surface area contributed by atoms with E-state index in [1.165, 1.54) is 12.3 Å². The van der Waals surface area contributed by atoms with Crippen molar-refractivity contribution in [1.29, 1.82) is 0 Å². The average Bonchev–Trinajstić information content (AvgIpc) is 2.89. The lowest BCUT2D eigenvalue weighted by atomic mass is 9.61. The van der Waals surface area contributed by atoms with E-state index in [1.54, 1.807) is 42.6 Å². The molecule has 190 valence electrons. The first-order valence-corrected chi connectivity index (χ1v) is 12.1. The normalized spacial score (nSPS) is 12.3. The minimum absolute atomic E-state index is 0.0277. The lowest BCUT2D eigenvalue weighted by Gasteiger charge is -2.44. The van der Waals surface area contributed by atoms with Gasteiger partial charge in [-0.2, -0.15) is 13.8 Å². The first-order chi connectivity index (χ1) is 16.7. The Morgan fingerprint density at radius 2 is 1.54 bits per heavy atom. The third-order valence-corrected chi connectivity index (χ3v) is 6.10. The van der Waals surface area contributed by atoms with Gasteiger partial charge in [-0.25, -0.2) is 9.78 Å². The quantitative estimate of drug-likeness (QED) is 0.257. The van der Waals surface area contributed by atoms with Crippen molar-refractivity contribution < 1.29 is 18.3 Å². The van der Waals surface area contributed by atoms with Crippen LogP contribution in [0.15, 0.2) is 54.9 Å². The molecule has 0 saturated heterocycles. The minimum atomic E-state index is -0.922. The molecule has 0 aliphatic carbocycles. The van der Waals surface area contributed by atoms with Crippen molar-refractivity contribution in [2.75, 3.05) is 6.61 Å². The van der Waals surface area contributed by atoms with Crippen molar-refractivity contribution in [2.45, 2.75) is 67.2 Å². The molecule has 0 amide bonds. The van der Waals surface area contributed by atoms with Gasteiger partial charge >= 0.3 is 5.97 Å². The molecule has 0 aliphatic heterocycles. The zero-order valence-corrected chi connectivity index (χ0v) is 22.0. The highest BCUT2D eigenvalue weighted by Gasteiger charge is 2.44. The summed E-state index contributed by atoms with van der Waals surface area (Å²) in [6, 6.07) is 11.3. The van der Waals surface area contributed by atoms with Gasteiger partial charge in [0.25, 0.3) is 0 Å². The summed E-state index contributed by atoms with van der Waals surface area (Å²) >= 11 is 0. The fourth-order valence-corrected chi connectivity index (χ4v) is 3.67. The molecule has 0 aromatic carbocycles. The van der Waals surface area contributed by atoms with E-state index in [1.807, 2.05) is 55.4 Å². The van der Waals surface area contributed by atoms with Gasteiger partial charge in [-0.05, 0) is 42.3 Å². The molecule has 35 heavy (non-hydrogen) atoms. The lowest BCUT2D eigenvalue weighted by Crippen LogP contribution is -2.43. The van der Waals surface area contributed by atoms with E-state index >= 15 is 0 Å². The summed E-state index contributed by atoms with van der Waals surface area (Å²) < 4.78 is 34.7. The number of nitrogens with zero attached hydrogens (tertiary/aromatic N) is 3. The second kappa shape index (κ2) is 13.6. The highest BCUT2D eigenvalue weighted by Crippen LogP contribution is 2.48. The van der Waals surface area contributed by atoms with Gasteiger partial charge in [0.05, 0.1) is 17.9 Å². The van der Waals surface area contributed by atoms with Gasteiger partial charge in [0.1, 0.15) is 5.69 Å². The molecule has 0 bridgehead atoms. The van der Waals surface area contributed by atoms with Crippen LogP contribution in [0.3, 0.4) is 0 Å². The third kappa shape index (κ3) is 6.90. The molecule has 3 aromatic heterocycles. The van der Waals surface area contributed by atoms with E-state index in [0.29, 0.717) is 17.7 Å². The molecule has 0 radical (unpaired) electrons. The highest BCUT2D eigenvalue weighted by molar-refractivity contribution is 5.87. The van der Waals surface area contributed by atoms with Crippen molar-refractivity contribution in [3.8, 4) is 11.3 Å². The van der Waals surface area contributed by atoms with Gasteiger partial charge in [-0.3, -0.25) is 4.98 Å². The van der Waals surface area contributed by atoms with E-state index in [4.69, 9.17) is 4.74 Å². The number of pyridine rings is 3. The van der Waals surface area contributed by atoms with Crippen LogP contribution < -0.4 is 0 Å². The lowest BCUT2D eigenvalue weighted by molar-refractivity contribution is 0.0148. The number of halogens is 2. The van der Waals surface area contributed by atoms with Crippen LogP contribution in [0.4, 0.5) is 8.78 Å². The van der Waals surface area contributed by atoms with Crippen molar-refractivity contribution in [3.05, 3.63) is 78.0 Å². The zero-order chi connectivity index (χ0) is 26.6. The summed E-state index contributed by atoms with van der Waals surface area (Å²) in [5.74, 6) is -2.38. The van der Waals surface area contributed by atoms with E-state index in [-0.39, 0.29) is 17.9 Å². The largest absolute Gasteiger partial charge is 0.460 e. The molecule has 7 heteroatoms. The Bertz CT molecular complexity index is 1060. The first kappa shape index (κ1) is 29.8. The smallest absolute Gasteiger partial charge is 0.356 e. The van der Waals surface area contributed by atoms with Gasteiger partial charge in [0.15, 0.2) is 0 Å². The molecule has 0 N–H and O–H groups in total. The number of aromatic nitrogens is 3. The molecule has 1 atom stereocenters. The fourth-order valence-electron chi connectivity index (χ4n) is 3.67. The van der Waals surface area contributed by atoms with E-state index in [0.717, 1.165) is 0 Å². The molecule has 0 spiro atoms. The standard InChI is InChI=1S/C24H25F2N3O2.2C2H6/c1-5-24(4,23(2,3)15-31-22(30)18-11-7-9-13-28-18)16-14-19(25)29-21(26)20(16)17-10-6-8-12-27-17;2*1-2/h6-14H,5,15H2,1-4H3;2*1-2H3. The summed E-state index contributed by atoms with van der Waals surface area (Å²) in [4.78, 5) is 24.1. The Balaban J connectivity index is 0.00000145. The molecule has 3 aromatic rings. The number of hydrogen-bond donors (Lipinski definition) is 0. The Hall–Kier alpha value is -3.22. The number of rotatable bonds is 7. The second-order valence-electron chi connectivity index (χ2n) is 8.23. The van der Waals surface area contributed by atoms with Crippen molar-refractivity contribution in [1.82, 2.24) is 15.0 Å². The SMILES string of the molecule is CC.CC.CCC(C)(c1cc(F)nc(F)c1-c1ccccn1)C(C)(C)COC(=O)c1ccccn1. The summed E-state index contributed by atoms with van der Waals surface area (Å²) in [7, 11) is 0. The molecule has 0 aliphatic rings. The van der Waals surface area contributed by atoms with Crippen LogP contribution in [0.1, 0.15) is 77.9 Å². The van der Waals surface area contributed by atoms with E-state index in [9.17, 15) is 13.6 Å². The van der Waals surface area contributed by atoms with Crippen molar-refractivity contribution >= 4 is 5.97 Å². The molecule has 3 rings (SSSR count). The summed E-state index contributed by atoms with van der Waals surface area (Å²) in [6.45, 7) is 15.7. The average molecular weight is 486 g/mol. The van der Waals surface area contributed by atoms with Crippen LogP contribution in [0, 0.1) is 17.3 Å². The van der Waals surface area contributed by atoms with Gasteiger partial charge in [-0.15, -0.1) is 0 Å². The zero-order valence-electron chi connectivity index (χ0n) is 22.0. The maximum Gasteiger partial charge on any atom is 0.356 e. The van der Waals surface area contributed by atoms with Gasteiger partial charge in [0.2, 0.25) is 11.9 Å². The predicted molar refractivity (Wildman–Crippen MR) is 136 cm³/mol. The van der Waals surface area contributed by atoms with Crippen LogP contribution >= 0.6 is 0 Å². The van der Waals surface area contributed by atoms with Crippen LogP contribution in [0.2, 0.25) is 0 Å². The minimum Gasteiger partial charge on any atom is -0.460 e. The third-order valence-electron chi connectivity index (χ3n) is 6.10. The molecule has 0 saturated carbocycles. The predicted octanol–water partition coefficient (Wildman–Crippen LogP) is 7.42. The van der Waals surface area contributed by atoms with Crippen LogP contribution in [0.25, 0.3) is 11.3 Å². The molecule has 0 fully saturated rings. The Morgan fingerprint density at radius 1 is 0.943 bits per heavy atom. The van der Waals surface area contributed by atoms with Gasteiger partial charge in [-0.1, -0.05) is 67.5 Å². The van der Waals surface area contributed by atoms with Crippen molar-refractivity contribution in [3.63, 3.8) is 0 Å². The summed E-state index contributed by atoms with van der Waals surface area (Å²) in [5, 5.41) is 0. The first-order valence-electron chi connectivity index (χ1n) is 12.1. The van der Waals surface area contributed by atoms with Gasteiger partial charge in [0, 0.05) is 23.2 Å². The molecular formula is C28H37F2N3O2. The number of ether oxygens (including phenoxy) is 1. The summed E-state index contributed by atoms with van der Waals surface area (Å²) in [5.41, 5.74) is -0.312. The fraction of sp³-hybridized carbons (Fsp3) is 0.429. The molecular weight excluding hydrogens is 448 g/mol. The maximum atomic E-state index is 14.9. The Kier molecular flexibility index (Phi) is 11.6.